The number of carbonyl (C=O) groups is 2. The van der Waals surface area contributed by atoms with Crippen LogP contribution in [-0.2, 0) is 0 Å². The number of benzene rings is 1. The Hall–Kier alpha value is -2.24. The first-order chi connectivity index (χ1) is 10.9. The van der Waals surface area contributed by atoms with Crippen LogP contribution in [0.25, 0.3) is 0 Å². The van der Waals surface area contributed by atoms with Gasteiger partial charge in [-0.15, -0.1) is 0 Å². The number of hydrogen-bond donors (Lipinski definition) is 2. The fourth-order valence-electron chi connectivity index (χ4n) is 2.39. The van der Waals surface area contributed by atoms with E-state index in [1.165, 1.54) is 12.1 Å². The van der Waals surface area contributed by atoms with Gasteiger partial charge in [0.05, 0.1) is 0 Å². The van der Waals surface area contributed by atoms with Gasteiger partial charge in [-0.05, 0) is 31.0 Å². The molecule has 23 heavy (non-hydrogen) atoms. The summed E-state index contributed by atoms with van der Waals surface area (Å²) in [4.78, 5) is 28.0. The maximum absolute atomic E-state index is 12.4. The number of nitrogens with one attached hydrogen (secondary N) is 1. The van der Waals surface area contributed by atoms with E-state index in [-0.39, 0.29) is 23.7 Å². The molecule has 1 aromatic carbocycles. The van der Waals surface area contributed by atoms with Crippen molar-refractivity contribution >= 4 is 11.9 Å². The summed E-state index contributed by atoms with van der Waals surface area (Å²) in [6.45, 7) is 8.15. The summed E-state index contributed by atoms with van der Waals surface area (Å²) in [5.41, 5.74) is 0.469. The van der Waals surface area contributed by atoms with Crippen molar-refractivity contribution < 1.29 is 14.7 Å². The first kappa shape index (κ1) is 17.1. The standard InChI is InChI=1S/C17H25N3O3/c1-12(2)13(3)18-17(23)20-9-7-19(8-10-20)16(22)14-5-4-6-15(21)11-14/h4-6,11-13,21H,7-10H2,1-3H3,(H,18,23)/t13-/m0/s1. The molecule has 126 valence electrons. The molecular weight excluding hydrogens is 294 g/mol. The highest BCUT2D eigenvalue weighted by Gasteiger charge is 2.25. The molecular formula is C17H25N3O3. The minimum absolute atomic E-state index is 0.0735. The van der Waals surface area contributed by atoms with E-state index in [1.807, 2.05) is 6.92 Å². The number of aromatic hydroxyl groups is 1. The van der Waals surface area contributed by atoms with Gasteiger partial charge >= 0.3 is 6.03 Å². The molecule has 1 aliphatic rings. The van der Waals surface area contributed by atoms with Crippen molar-refractivity contribution in [3.63, 3.8) is 0 Å². The van der Waals surface area contributed by atoms with E-state index in [1.54, 1.807) is 21.9 Å². The summed E-state index contributed by atoms with van der Waals surface area (Å²) >= 11 is 0. The van der Waals surface area contributed by atoms with Crippen LogP contribution in [0.1, 0.15) is 31.1 Å². The van der Waals surface area contributed by atoms with Crippen LogP contribution in [0.5, 0.6) is 5.75 Å². The van der Waals surface area contributed by atoms with Gasteiger partial charge in [0.15, 0.2) is 0 Å². The predicted octanol–water partition coefficient (Wildman–Crippen LogP) is 1.90. The van der Waals surface area contributed by atoms with E-state index in [2.05, 4.69) is 19.2 Å². The van der Waals surface area contributed by atoms with E-state index >= 15 is 0 Å². The molecule has 0 bridgehead atoms. The molecule has 0 aliphatic carbocycles. The van der Waals surface area contributed by atoms with Crippen molar-refractivity contribution in [2.75, 3.05) is 26.2 Å². The van der Waals surface area contributed by atoms with Crippen LogP contribution < -0.4 is 5.32 Å². The summed E-state index contributed by atoms with van der Waals surface area (Å²) in [7, 11) is 0. The molecule has 0 radical (unpaired) electrons. The van der Waals surface area contributed by atoms with Crippen molar-refractivity contribution in [2.45, 2.75) is 26.8 Å². The third kappa shape index (κ3) is 4.37. The number of urea groups is 1. The Kier molecular flexibility index (Phi) is 5.47. The highest BCUT2D eigenvalue weighted by Crippen LogP contribution is 2.14. The number of hydrogen-bond acceptors (Lipinski definition) is 3. The first-order valence-electron chi connectivity index (χ1n) is 8.02. The number of piperazine rings is 1. The summed E-state index contributed by atoms with van der Waals surface area (Å²) in [6.07, 6.45) is 0. The van der Waals surface area contributed by atoms with E-state index in [4.69, 9.17) is 0 Å². The van der Waals surface area contributed by atoms with Crippen LogP contribution in [-0.4, -0.2) is 59.1 Å². The Bertz CT molecular complexity index is 566. The minimum atomic E-state index is -0.114. The number of carbonyl (C=O) groups excluding carboxylic acids is 2. The summed E-state index contributed by atoms with van der Waals surface area (Å²) in [5, 5.41) is 12.5. The Morgan fingerprint density at radius 2 is 1.70 bits per heavy atom. The smallest absolute Gasteiger partial charge is 0.317 e. The lowest BCUT2D eigenvalue weighted by molar-refractivity contribution is 0.0662. The average molecular weight is 319 g/mol. The molecule has 1 fully saturated rings. The molecule has 6 nitrogen and oxygen atoms in total. The Balaban J connectivity index is 1.88. The van der Waals surface area contributed by atoms with Gasteiger partial charge in [0.25, 0.3) is 5.91 Å². The summed E-state index contributed by atoms with van der Waals surface area (Å²) in [5.74, 6) is 0.348. The fraction of sp³-hybridized carbons (Fsp3) is 0.529. The van der Waals surface area contributed by atoms with Gasteiger partial charge in [-0.25, -0.2) is 4.79 Å². The van der Waals surface area contributed by atoms with Crippen molar-refractivity contribution in [3.05, 3.63) is 29.8 Å². The average Bonchev–Trinajstić information content (AvgIpc) is 2.54. The number of nitrogens with zero attached hydrogens (tertiary/aromatic N) is 2. The second-order valence-electron chi connectivity index (χ2n) is 6.31. The summed E-state index contributed by atoms with van der Waals surface area (Å²) in [6, 6.07) is 6.39. The van der Waals surface area contributed by atoms with Crippen LogP contribution in [0.2, 0.25) is 0 Å². The van der Waals surface area contributed by atoms with Crippen LogP contribution in [0.3, 0.4) is 0 Å². The second kappa shape index (κ2) is 7.35. The molecule has 0 unspecified atom stereocenters. The zero-order valence-electron chi connectivity index (χ0n) is 14.0. The quantitative estimate of drug-likeness (QED) is 0.894. The Morgan fingerprint density at radius 3 is 2.26 bits per heavy atom. The van der Waals surface area contributed by atoms with Gasteiger partial charge in [0, 0.05) is 37.8 Å². The minimum Gasteiger partial charge on any atom is -0.508 e. The van der Waals surface area contributed by atoms with Gasteiger partial charge in [0.1, 0.15) is 5.75 Å². The van der Waals surface area contributed by atoms with Crippen LogP contribution in [0.4, 0.5) is 4.79 Å². The fourth-order valence-corrected chi connectivity index (χ4v) is 2.39. The molecule has 1 aliphatic heterocycles. The van der Waals surface area contributed by atoms with Gasteiger partial charge in [0.2, 0.25) is 0 Å². The lowest BCUT2D eigenvalue weighted by Crippen LogP contribution is -2.54. The van der Waals surface area contributed by atoms with Gasteiger partial charge in [-0.3, -0.25) is 4.79 Å². The predicted molar refractivity (Wildman–Crippen MR) is 88.4 cm³/mol. The third-order valence-electron chi connectivity index (χ3n) is 4.30. The molecule has 2 rings (SSSR count). The van der Waals surface area contributed by atoms with Crippen molar-refractivity contribution in [3.8, 4) is 5.75 Å². The maximum atomic E-state index is 12.4. The molecule has 6 heteroatoms. The molecule has 0 spiro atoms. The van der Waals surface area contributed by atoms with E-state index in [0.717, 1.165) is 0 Å². The highest BCUT2D eigenvalue weighted by atomic mass is 16.3. The van der Waals surface area contributed by atoms with Crippen molar-refractivity contribution in [2.24, 2.45) is 5.92 Å². The largest absolute Gasteiger partial charge is 0.508 e. The molecule has 1 heterocycles. The van der Waals surface area contributed by atoms with Crippen molar-refractivity contribution in [1.29, 1.82) is 0 Å². The van der Waals surface area contributed by atoms with Crippen molar-refractivity contribution in [1.82, 2.24) is 15.1 Å². The van der Waals surface area contributed by atoms with Crippen LogP contribution >= 0.6 is 0 Å². The number of rotatable bonds is 3. The monoisotopic (exact) mass is 319 g/mol. The first-order valence-corrected chi connectivity index (χ1v) is 8.02. The lowest BCUT2D eigenvalue weighted by atomic mass is 10.1. The molecule has 1 saturated heterocycles. The van der Waals surface area contributed by atoms with Crippen LogP contribution in [0, 0.1) is 5.92 Å². The van der Waals surface area contributed by atoms with Gasteiger partial charge in [-0.1, -0.05) is 19.9 Å². The third-order valence-corrected chi connectivity index (χ3v) is 4.30. The topological polar surface area (TPSA) is 72.9 Å². The highest BCUT2D eigenvalue weighted by molar-refractivity contribution is 5.94. The Labute approximate surface area is 137 Å². The van der Waals surface area contributed by atoms with Gasteiger partial charge in [-0.2, -0.15) is 0 Å². The molecule has 3 amide bonds. The zero-order chi connectivity index (χ0) is 17.0. The molecule has 1 atom stereocenters. The maximum Gasteiger partial charge on any atom is 0.317 e. The number of phenols is 1. The second-order valence-corrected chi connectivity index (χ2v) is 6.31. The normalized spacial score (nSPS) is 16.3. The van der Waals surface area contributed by atoms with Crippen LogP contribution in [0.15, 0.2) is 24.3 Å². The van der Waals surface area contributed by atoms with Gasteiger partial charge < -0.3 is 20.2 Å². The number of amides is 3. The lowest BCUT2D eigenvalue weighted by Gasteiger charge is -2.35. The molecule has 0 aromatic heterocycles. The van der Waals surface area contributed by atoms with E-state index in [0.29, 0.717) is 37.7 Å². The SMILES string of the molecule is CC(C)[C@H](C)NC(=O)N1CCN(C(=O)c2cccc(O)c2)CC1. The Morgan fingerprint density at radius 1 is 1.09 bits per heavy atom. The summed E-state index contributed by atoms with van der Waals surface area (Å²) < 4.78 is 0. The molecule has 0 saturated carbocycles. The van der Waals surface area contributed by atoms with E-state index in [9.17, 15) is 14.7 Å². The van der Waals surface area contributed by atoms with E-state index < -0.39 is 0 Å². The molecule has 1 aromatic rings. The number of phenolic OH excluding ortho intramolecular Hbond substituents is 1. The molecule has 2 N–H and O–H groups in total. The zero-order valence-corrected chi connectivity index (χ0v) is 14.0.